The maximum atomic E-state index is 13.3. The van der Waals surface area contributed by atoms with Gasteiger partial charge in [0, 0.05) is 121 Å². The van der Waals surface area contributed by atoms with Crippen LogP contribution in [0.15, 0.2) is 118 Å². The zero-order chi connectivity index (χ0) is 51.4. The van der Waals surface area contributed by atoms with Gasteiger partial charge in [0.05, 0.1) is 49.7 Å². The molecule has 0 bridgehead atoms. The Morgan fingerprint density at radius 2 is 0.889 bits per heavy atom. The normalized spacial score (nSPS) is 11.3. The summed E-state index contributed by atoms with van der Waals surface area (Å²) in [5, 5.41) is 29.8. The minimum atomic E-state index is -1.18. The average molecular weight is 975 g/mol. The number of anilines is 2. The summed E-state index contributed by atoms with van der Waals surface area (Å²) in [6.45, 7) is 1.09. The third-order valence-corrected chi connectivity index (χ3v) is 12.4. The number of benzene rings is 6. The summed E-state index contributed by atoms with van der Waals surface area (Å²) in [6, 6.07) is 32.5. The highest BCUT2D eigenvalue weighted by Crippen LogP contribution is 2.44. The van der Waals surface area contributed by atoms with Gasteiger partial charge < -0.3 is 49.0 Å². The number of amides is 2. The van der Waals surface area contributed by atoms with Gasteiger partial charge in [0.15, 0.2) is 0 Å². The Hall–Kier alpha value is -8.34. The van der Waals surface area contributed by atoms with Crippen molar-refractivity contribution in [2.75, 3.05) is 106 Å². The van der Waals surface area contributed by atoms with Gasteiger partial charge in [0.25, 0.3) is 11.8 Å². The highest BCUT2D eigenvalue weighted by molar-refractivity contribution is 6.11. The minimum Gasteiger partial charge on any atom is -0.478 e. The highest BCUT2D eigenvalue weighted by atomic mass is 16.5. The van der Waals surface area contributed by atoms with Crippen molar-refractivity contribution < 1.29 is 47.7 Å². The van der Waals surface area contributed by atoms with E-state index in [1.54, 1.807) is 24.3 Å². The Labute approximate surface area is 416 Å². The molecule has 0 radical (unpaired) electrons. The molecule has 0 atom stereocenters. The van der Waals surface area contributed by atoms with Crippen molar-refractivity contribution in [2.24, 2.45) is 0 Å². The number of carbonyl (C=O) groups excluding carboxylic acids is 2. The summed E-state index contributed by atoms with van der Waals surface area (Å²) in [5.41, 5.74) is 7.07. The van der Waals surface area contributed by atoms with Crippen molar-refractivity contribution >= 4 is 57.1 Å². The minimum absolute atomic E-state index is 0.0297. The molecule has 0 saturated carbocycles. The second-order valence-corrected chi connectivity index (χ2v) is 18.1. The van der Waals surface area contributed by atoms with Crippen molar-refractivity contribution in [3.8, 4) is 44.9 Å². The van der Waals surface area contributed by atoms with E-state index in [1.165, 1.54) is 12.1 Å². The maximum Gasteiger partial charge on any atom is 0.336 e. The van der Waals surface area contributed by atoms with Gasteiger partial charge in [-0.05, 0) is 71.8 Å². The highest BCUT2D eigenvalue weighted by Gasteiger charge is 2.26. The smallest absolute Gasteiger partial charge is 0.336 e. The van der Waals surface area contributed by atoms with Crippen LogP contribution in [0.1, 0.15) is 41.4 Å². The van der Waals surface area contributed by atoms with E-state index in [0.29, 0.717) is 44.9 Å². The van der Waals surface area contributed by atoms with Crippen molar-refractivity contribution in [3.63, 3.8) is 0 Å². The molecule has 0 spiro atoms. The molecule has 0 aromatic heterocycles. The lowest BCUT2D eigenvalue weighted by Gasteiger charge is -2.19. The predicted molar refractivity (Wildman–Crippen MR) is 280 cm³/mol. The predicted octanol–water partition coefficient (Wildman–Crippen LogP) is 6.51. The summed E-state index contributed by atoms with van der Waals surface area (Å²) in [6.07, 6.45) is 0. The average Bonchev–Trinajstić information content (AvgIpc) is 3.36. The lowest BCUT2D eigenvalue weighted by atomic mass is 9.89. The first-order valence-electron chi connectivity index (χ1n) is 23.3. The molecular weight excluding hydrogens is 917 g/mol. The van der Waals surface area contributed by atoms with Crippen molar-refractivity contribution in [1.82, 2.24) is 19.8 Å². The molecule has 0 unspecified atom stereocenters. The van der Waals surface area contributed by atoms with E-state index in [-0.39, 0.29) is 61.8 Å². The van der Waals surface area contributed by atoms with Crippen molar-refractivity contribution in [2.45, 2.75) is 0 Å². The molecular formula is C56H58N6O10+2. The molecule has 4 aromatic rings. The van der Waals surface area contributed by atoms with Crippen LogP contribution in [0, 0.1) is 0 Å². The van der Waals surface area contributed by atoms with Crippen LogP contribution in [0.5, 0.6) is 0 Å². The Kier molecular flexibility index (Phi) is 14.8. The van der Waals surface area contributed by atoms with E-state index in [2.05, 4.69) is 10.6 Å². The molecule has 2 amide bonds. The first-order valence-corrected chi connectivity index (χ1v) is 23.3. The summed E-state index contributed by atoms with van der Waals surface area (Å²) in [5.74, 6) is -2.08. The molecule has 370 valence electrons. The van der Waals surface area contributed by atoms with Gasteiger partial charge in [0.1, 0.15) is 50.9 Å². The van der Waals surface area contributed by atoms with E-state index in [4.69, 9.17) is 18.3 Å². The van der Waals surface area contributed by atoms with E-state index in [9.17, 15) is 29.4 Å². The molecule has 8 rings (SSSR count). The van der Waals surface area contributed by atoms with Crippen LogP contribution < -0.4 is 40.3 Å². The molecule has 16 nitrogen and oxygen atoms in total. The first kappa shape index (κ1) is 50.1. The van der Waals surface area contributed by atoms with Crippen molar-refractivity contribution in [1.29, 1.82) is 0 Å². The van der Waals surface area contributed by atoms with E-state index in [1.807, 2.05) is 148 Å². The first-order chi connectivity index (χ1) is 34.5. The van der Waals surface area contributed by atoms with Gasteiger partial charge in [-0.2, -0.15) is 0 Å². The molecule has 2 aliphatic heterocycles. The number of nitrogens with zero attached hydrogens (tertiary/aromatic N) is 4. The maximum absolute atomic E-state index is 13.3. The standard InChI is InChI=1S/C56H56N6O10/c1-59(2)35-11-17-41-47(29-35)71-48-30-36(60(3)4)12-18-42(48)51(41)39-15-9-33(27-45(39)55(65)66)53(63)57-21-23-69-25-26-70-24-22-58-54(64)34-10-16-40(46(28-34)56(67)68)52-43-19-13-37(61(5)6)31-49(43)72-50-32-38(62(7)8)14-20-44(50)52/h9-20,27-32H,21-26H2,1-8H3,(H2-2,57,58,63,64,65,66,67,68)/p+2. The number of carboxylic acid groups (broad SMARTS) is 2. The zero-order valence-electron chi connectivity index (χ0n) is 41.6. The Morgan fingerprint density at radius 1 is 0.500 bits per heavy atom. The monoisotopic (exact) mass is 974 g/mol. The second-order valence-electron chi connectivity index (χ2n) is 18.1. The van der Waals surface area contributed by atoms with Gasteiger partial charge in [-0.15, -0.1) is 0 Å². The van der Waals surface area contributed by atoms with Gasteiger partial charge in [-0.3, -0.25) is 9.59 Å². The Morgan fingerprint density at radius 3 is 1.25 bits per heavy atom. The number of carbonyl (C=O) groups is 4. The second kappa shape index (κ2) is 21.3. The molecule has 4 aromatic carbocycles. The molecule has 0 saturated heterocycles. The van der Waals surface area contributed by atoms with E-state index >= 15 is 0 Å². The lowest BCUT2D eigenvalue weighted by molar-refractivity contribution is 0.0486. The lowest BCUT2D eigenvalue weighted by Crippen LogP contribution is -2.29. The van der Waals surface area contributed by atoms with Crippen LogP contribution in [0.2, 0.25) is 0 Å². The summed E-state index contributed by atoms with van der Waals surface area (Å²) < 4.78 is 28.0. The number of ether oxygens (including phenoxy) is 2. The van der Waals surface area contributed by atoms with Gasteiger partial charge in [-0.25, -0.2) is 18.7 Å². The van der Waals surface area contributed by atoms with Crippen LogP contribution in [0.4, 0.5) is 11.4 Å². The van der Waals surface area contributed by atoms with Gasteiger partial charge in [-0.1, -0.05) is 12.1 Å². The zero-order valence-corrected chi connectivity index (χ0v) is 41.6. The number of nitrogens with one attached hydrogen (secondary N) is 2. The fourth-order valence-electron chi connectivity index (χ4n) is 8.59. The molecule has 2 aliphatic carbocycles. The number of rotatable bonds is 17. The van der Waals surface area contributed by atoms with Crippen LogP contribution >= 0.6 is 0 Å². The molecule has 4 aliphatic rings. The number of fused-ring (bicyclic) bond motifs is 4. The fraction of sp³-hybridized carbons (Fsp3) is 0.250. The van der Waals surface area contributed by atoms with Gasteiger partial charge in [0.2, 0.25) is 10.7 Å². The number of hydrogen-bond donors (Lipinski definition) is 4. The molecule has 0 fully saturated rings. The molecule has 2 heterocycles. The van der Waals surface area contributed by atoms with Crippen LogP contribution in [-0.2, 0) is 9.47 Å². The Bertz CT molecular complexity index is 3260. The summed E-state index contributed by atoms with van der Waals surface area (Å²) in [7, 11) is 15.5. The van der Waals surface area contributed by atoms with E-state index in [0.717, 1.165) is 44.0 Å². The third-order valence-electron chi connectivity index (χ3n) is 12.4. The van der Waals surface area contributed by atoms with Crippen LogP contribution in [0.3, 0.4) is 0 Å². The fourth-order valence-corrected chi connectivity index (χ4v) is 8.59. The van der Waals surface area contributed by atoms with Crippen molar-refractivity contribution in [3.05, 3.63) is 142 Å². The topological polar surface area (TPSA) is 190 Å². The van der Waals surface area contributed by atoms with Gasteiger partial charge >= 0.3 is 11.9 Å². The SMILES string of the molecule is CN(C)c1ccc2c(-c3ccc(C(=O)NCCOCCOCCNC(=O)c4ccc(-c5c6ccc(=[N+](C)C)cc-6oc6cc(N(C)C)ccc56)c(C(=O)O)c4)cc3C(=O)O)c3ccc(=[N+](C)C)cc-3oc2c1. The number of aromatic carboxylic acids is 2. The molecule has 4 N–H and O–H groups in total. The number of carboxylic acids is 2. The number of hydrogen-bond acceptors (Lipinski definition) is 10. The molecule has 72 heavy (non-hydrogen) atoms. The largest absolute Gasteiger partial charge is 0.478 e. The quantitative estimate of drug-likeness (QED) is 0.0441. The van der Waals surface area contributed by atoms with E-state index < -0.39 is 23.8 Å². The summed E-state index contributed by atoms with van der Waals surface area (Å²) >= 11 is 0. The van der Waals surface area contributed by atoms with Crippen LogP contribution in [0.25, 0.3) is 66.8 Å². The summed E-state index contributed by atoms with van der Waals surface area (Å²) in [4.78, 5) is 56.1. The third kappa shape index (κ3) is 10.5. The molecule has 16 heteroatoms. The Balaban J connectivity index is 0.852. The van der Waals surface area contributed by atoms with Crippen LogP contribution in [-0.4, -0.2) is 130 Å².